The minimum absolute atomic E-state index is 0.0198. The molecule has 5 nitrogen and oxygen atoms in total. The zero-order chi connectivity index (χ0) is 20.4. The molecule has 1 aliphatic carbocycles. The highest BCUT2D eigenvalue weighted by molar-refractivity contribution is 8.01. The second kappa shape index (κ2) is 8.88. The van der Waals surface area contributed by atoms with E-state index in [0.717, 1.165) is 22.4 Å². The Balaban J connectivity index is 1.63. The number of hydrogen-bond acceptors (Lipinski definition) is 7. The number of rotatable bonds is 6. The lowest BCUT2D eigenvalue weighted by Gasteiger charge is -2.29. The molecule has 4 unspecified atom stereocenters. The van der Waals surface area contributed by atoms with Gasteiger partial charge in [-0.25, -0.2) is 9.97 Å². The number of Topliss-reactive ketones (excluding diaryl/α,β-unsaturated/α-hetero) is 1. The first kappa shape index (κ1) is 20.4. The number of ketones is 1. The van der Waals surface area contributed by atoms with Crippen molar-refractivity contribution in [1.29, 1.82) is 0 Å². The average Bonchev–Trinajstić information content (AvgIpc) is 3.11. The van der Waals surface area contributed by atoms with E-state index >= 15 is 0 Å². The van der Waals surface area contributed by atoms with Crippen molar-refractivity contribution in [2.75, 3.05) is 7.11 Å². The summed E-state index contributed by atoms with van der Waals surface area (Å²) in [6.45, 7) is 2.31. The first-order valence-corrected chi connectivity index (χ1v) is 11.7. The van der Waals surface area contributed by atoms with E-state index in [-0.39, 0.29) is 12.2 Å². The number of aromatic nitrogens is 2. The van der Waals surface area contributed by atoms with Gasteiger partial charge in [0.1, 0.15) is 16.4 Å². The van der Waals surface area contributed by atoms with Crippen LogP contribution in [0.2, 0.25) is 0 Å². The number of ether oxygens (including phenoxy) is 1. The first-order valence-electron chi connectivity index (χ1n) is 9.91. The molecule has 2 heterocycles. The molecule has 2 aliphatic rings. The van der Waals surface area contributed by atoms with Crippen LogP contribution in [0.25, 0.3) is 0 Å². The molecule has 1 aliphatic heterocycles. The minimum atomic E-state index is -0.574. The number of fused-ring (bicyclic) bond motifs is 3. The van der Waals surface area contributed by atoms with Crippen molar-refractivity contribution in [3.63, 3.8) is 0 Å². The third-order valence-corrected chi connectivity index (χ3v) is 8.27. The van der Waals surface area contributed by atoms with Crippen LogP contribution < -0.4 is 0 Å². The van der Waals surface area contributed by atoms with E-state index < -0.39 is 11.2 Å². The molecule has 1 aromatic heterocycles. The molecule has 0 saturated heterocycles. The van der Waals surface area contributed by atoms with E-state index in [1.165, 1.54) is 37.3 Å². The van der Waals surface area contributed by atoms with Crippen molar-refractivity contribution in [2.24, 2.45) is 5.92 Å². The lowest BCUT2D eigenvalue weighted by atomic mass is 9.80. The number of hydrogen-bond donors (Lipinski definition) is 0. The fourth-order valence-corrected chi connectivity index (χ4v) is 7.06. The van der Waals surface area contributed by atoms with Crippen molar-refractivity contribution in [1.82, 2.24) is 9.97 Å². The van der Waals surface area contributed by atoms with E-state index in [9.17, 15) is 9.59 Å². The van der Waals surface area contributed by atoms with Gasteiger partial charge >= 0.3 is 5.97 Å². The Morgan fingerprint density at radius 1 is 1.24 bits per heavy atom. The number of benzene rings is 1. The number of nitrogens with zero attached hydrogens (tertiary/aromatic N) is 2. The van der Waals surface area contributed by atoms with Gasteiger partial charge in [0.05, 0.1) is 18.8 Å². The van der Waals surface area contributed by atoms with Crippen LogP contribution in [0.3, 0.4) is 0 Å². The zero-order valence-electron chi connectivity index (χ0n) is 16.5. The maximum atomic E-state index is 13.1. The maximum Gasteiger partial charge on any atom is 0.307 e. The SMILES string of the molecule is COC(=O)CC(Sc1ncnc2c1C1CCC(C)CC1S2)C(=O)c1ccccc1. The molecule has 0 radical (unpaired) electrons. The van der Waals surface area contributed by atoms with Gasteiger partial charge in [0.15, 0.2) is 5.78 Å². The van der Waals surface area contributed by atoms with Crippen LogP contribution in [-0.4, -0.2) is 39.3 Å². The van der Waals surface area contributed by atoms with Crippen molar-refractivity contribution in [3.8, 4) is 0 Å². The lowest BCUT2D eigenvalue weighted by molar-refractivity contribution is -0.140. The topological polar surface area (TPSA) is 69.2 Å². The predicted octanol–water partition coefficient (Wildman–Crippen LogP) is 4.76. The van der Waals surface area contributed by atoms with Gasteiger partial charge in [0.25, 0.3) is 0 Å². The summed E-state index contributed by atoms with van der Waals surface area (Å²) in [5.74, 6) is 0.693. The highest BCUT2D eigenvalue weighted by Crippen LogP contribution is 2.54. The normalized spacial score (nSPS) is 23.7. The standard InChI is InChI=1S/C22H24N2O3S2/c1-13-8-9-15-16(10-13)28-21-19(15)22(24-12-23-21)29-17(11-18(25)27-2)20(26)14-6-4-3-5-7-14/h3-7,12-13,15-17H,8-11H2,1-2H3. The Morgan fingerprint density at radius 3 is 2.79 bits per heavy atom. The van der Waals surface area contributed by atoms with Crippen molar-refractivity contribution in [2.45, 2.75) is 59.1 Å². The zero-order valence-corrected chi connectivity index (χ0v) is 18.2. The molecular formula is C22H24N2O3S2. The smallest absolute Gasteiger partial charge is 0.307 e. The Labute approximate surface area is 179 Å². The molecule has 7 heteroatoms. The second-order valence-electron chi connectivity index (χ2n) is 7.70. The molecule has 0 N–H and O–H groups in total. The molecule has 152 valence electrons. The van der Waals surface area contributed by atoms with E-state index in [0.29, 0.717) is 16.7 Å². The Morgan fingerprint density at radius 2 is 2.03 bits per heavy atom. The molecule has 0 bridgehead atoms. The van der Waals surface area contributed by atoms with Crippen molar-refractivity contribution in [3.05, 3.63) is 47.8 Å². The van der Waals surface area contributed by atoms with Gasteiger partial charge in [-0.1, -0.05) is 55.4 Å². The van der Waals surface area contributed by atoms with Crippen LogP contribution in [-0.2, 0) is 9.53 Å². The van der Waals surface area contributed by atoms with E-state index in [2.05, 4.69) is 16.9 Å². The minimum Gasteiger partial charge on any atom is -0.469 e. The summed E-state index contributed by atoms with van der Waals surface area (Å²) < 4.78 is 4.85. The molecule has 1 fully saturated rings. The Hall–Kier alpha value is -1.86. The van der Waals surface area contributed by atoms with Crippen LogP contribution in [0.15, 0.2) is 46.7 Å². The van der Waals surface area contributed by atoms with Crippen LogP contribution in [0.4, 0.5) is 0 Å². The summed E-state index contributed by atoms with van der Waals surface area (Å²) in [6, 6.07) is 9.11. The highest BCUT2D eigenvalue weighted by atomic mass is 32.2. The van der Waals surface area contributed by atoms with Gasteiger partial charge in [0.2, 0.25) is 0 Å². The van der Waals surface area contributed by atoms with Crippen LogP contribution >= 0.6 is 23.5 Å². The molecule has 4 rings (SSSR count). The largest absolute Gasteiger partial charge is 0.469 e. The van der Waals surface area contributed by atoms with Gasteiger partial charge < -0.3 is 4.74 Å². The molecular weight excluding hydrogens is 404 g/mol. The Bertz CT molecular complexity index is 906. The summed E-state index contributed by atoms with van der Waals surface area (Å²) in [5, 5.41) is 1.84. The first-order chi connectivity index (χ1) is 14.1. The van der Waals surface area contributed by atoms with Gasteiger partial charge in [0, 0.05) is 22.3 Å². The number of thioether (sulfide) groups is 2. The number of carbonyl (C=O) groups is 2. The van der Waals surface area contributed by atoms with Crippen molar-refractivity contribution >= 4 is 35.3 Å². The van der Waals surface area contributed by atoms with Gasteiger partial charge in [-0.3, -0.25) is 9.59 Å². The van der Waals surface area contributed by atoms with Crippen LogP contribution in [0, 0.1) is 5.92 Å². The average molecular weight is 429 g/mol. The predicted molar refractivity (Wildman–Crippen MR) is 114 cm³/mol. The lowest BCUT2D eigenvalue weighted by Crippen LogP contribution is -2.24. The van der Waals surface area contributed by atoms with Gasteiger partial charge in [-0.2, -0.15) is 0 Å². The molecule has 0 spiro atoms. The second-order valence-corrected chi connectivity index (χ2v) is 10.1. The van der Waals surface area contributed by atoms with Gasteiger partial charge in [-0.15, -0.1) is 11.8 Å². The molecule has 29 heavy (non-hydrogen) atoms. The quantitative estimate of drug-likeness (QED) is 0.284. The Kier molecular flexibility index (Phi) is 6.25. The summed E-state index contributed by atoms with van der Waals surface area (Å²) in [4.78, 5) is 34.2. The number of carbonyl (C=O) groups excluding carboxylic acids is 2. The highest BCUT2D eigenvalue weighted by Gasteiger charge is 2.41. The van der Waals surface area contributed by atoms with Crippen molar-refractivity contribution < 1.29 is 14.3 Å². The summed E-state index contributed by atoms with van der Waals surface area (Å²) in [6.07, 6.45) is 5.11. The van der Waals surface area contributed by atoms with E-state index in [1.54, 1.807) is 18.5 Å². The molecule has 1 saturated carbocycles. The van der Waals surface area contributed by atoms with Crippen LogP contribution in [0.1, 0.15) is 54.4 Å². The molecule has 2 aromatic rings. The third kappa shape index (κ3) is 4.36. The summed E-state index contributed by atoms with van der Waals surface area (Å²) >= 11 is 3.23. The monoisotopic (exact) mass is 428 g/mol. The fraction of sp³-hybridized carbons (Fsp3) is 0.455. The van der Waals surface area contributed by atoms with E-state index in [1.807, 2.05) is 30.0 Å². The maximum absolute atomic E-state index is 13.1. The summed E-state index contributed by atoms with van der Waals surface area (Å²) in [5.41, 5.74) is 1.77. The number of methoxy groups -OCH3 is 1. The number of esters is 1. The third-order valence-electron chi connectivity index (χ3n) is 5.68. The van der Waals surface area contributed by atoms with Gasteiger partial charge in [-0.05, 0) is 18.8 Å². The fourth-order valence-electron chi connectivity index (χ4n) is 4.15. The molecule has 1 aromatic carbocycles. The molecule has 4 atom stereocenters. The van der Waals surface area contributed by atoms with E-state index in [4.69, 9.17) is 4.74 Å². The van der Waals surface area contributed by atoms with Crippen LogP contribution in [0.5, 0.6) is 0 Å². The molecule has 0 amide bonds. The summed E-state index contributed by atoms with van der Waals surface area (Å²) in [7, 11) is 1.35.